The lowest BCUT2D eigenvalue weighted by atomic mass is 10.3. The summed E-state index contributed by atoms with van der Waals surface area (Å²) in [5.74, 6) is 0.614. The molecule has 0 atom stereocenters. The van der Waals surface area contributed by atoms with Gasteiger partial charge in [-0.15, -0.1) is 11.3 Å². The third kappa shape index (κ3) is 4.03. The molecule has 0 spiro atoms. The van der Waals surface area contributed by atoms with Gasteiger partial charge in [0.05, 0.1) is 16.0 Å². The van der Waals surface area contributed by atoms with Crippen LogP contribution in [0.25, 0.3) is 10.2 Å². The molecule has 1 aromatic carbocycles. The summed E-state index contributed by atoms with van der Waals surface area (Å²) in [6.07, 6.45) is 0.844. The number of benzene rings is 1. The first kappa shape index (κ1) is 16.3. The number of nitrogens with zero attached hydrogens (tertiary/aromatic N) is 3. The summed E-state index contributed by atoms with van der Waals surface area (Å²) in [4.78, 5) is 32.0. The molecule has 0 saturated carbocycles. The molecule has 122 valence electrons. The van der Waals surface area contributed by atoms with Crippen LogP contribution < -0.4 is 0 Å². The highest BCUT2D eigenvalue weighted by atomic mass is 32.2. The molecule has 2 aromatic rings. The van der Waals surface area contributed by atoms with Crippen molar-refractivity contribution in [3.05, 3.63) is 24.3 Å². The van der Waals surface area contributed by atoms with Crippen LogP contribution >= 0.6 is 23.1 Å². The number of aromatic nitrogens is 1. The summed E-state index contributed by atoms with van der Waals surface area (Å²) in [6, 6.07) is 8.00. The van der Waals surface area contributed by atoms with Gasteiger partial charge in [-0.2, -0.15) is 0 Å². The van der Waals surface area contributed by atoms with Crippen LogP contribution in [0.5, 0.6) is 0 Å². The molecule has 23 heavy (non-hydrogen) atoms. The number of para-hydroxylation sites is 1. The molecule has 1 saturated heterocycles. The Labute approximate surface area is 143 Å². The Morgan fingerprint density at radius 1 is 1.17 bits per heavy atom. The fraction of sp³-hybridized carbons (Fsp3) is 0.438. The number of carbonyl (C=O) groups is 2. The van der Waals surface area contributed by atoms with Crippen molar-refractivity contribution >= 4 is 45.1 Å². The number of thiazole rings is 1. The number of amides is 2. The van der Waals surface area contributed by atoms with Gasteiger partial charge in [0, 0.05) is 33.1 Å². The van der Waals surface area contributed by atoms with E-state index in [1.807, 2.05) is 34.1 Å². The Morgan fingerprint density at radius 2 is 1.91 bits per heavy atom. The summed E-state index contributed by atoms with van der Waals surface area (Å²) in [5.41, 5.74) is 0.985. The fourth-order valence-electron chi connectivity index (χ4n) is 2.61. The van der Waals surface area contributed by atoms with Gasteiger partial charge >= 0.3 is 0 Å². The van der Waals surface area contributed by atoms with Gasteiger partial charge in [-0.3, -0.25) is 9.59 Å². The molecule has 1 aromatic heterocycles. The third-order valence-corrected chi connectivity index (χ3v) is 6.05. The molecule has 1 aliphatic heterocycles. The van der Waals surface area contributed by atoms with Crippen LogP contribution in [0.2, 0.25) is 0 Å². The highest BCUT2D eigenvalue weighted by Crippen LogP contribution is 2.29. The molecule has 0 aliphatic carbocycles. The smallest absolute Gasteiger partial charge is 0.233 e. The summed E-state index contributed by atoms with van der Waals surface area (Å²) in [7, 11) is 0. The zero-order chi connectivity index (χ0) is 16.2. The Bertz CT molecular complexity index is 683. The summed E-state index contributed by atoms with van der Waals surface area (Å²) in [5, 5.41) is 0. The van der Waals surface area contributed by atoms with E-state index in [9.17, 15) is 9.59 Å². The van der Waals surface area contributed by atoms with Gasteiger partial charge in [0.25, 0.3) is 0 Å². The van der Waals surface area contributed by atoms with E-state index in [2.05, 4.69) is 4.98 Å². The van der Waals surface area contributed by atoms with Crippen molar-refractivity contribution in [1.29, 1.82) is 0 Å². The van der Waals surface area contributed by atoms with Crippen molar-refractivity contribution in [3.8, 4) is 0 Å². The van der Waals surface area contributed by atoms with Gasteiger partial charge in [-0.25, -0.2) is 4.98 Å². The van der Waals surface area contributed by atoms with E-state index in [1.165, 1.54) is 11.8 Å². The molecule has 0 N–H and O–H groups in total. The minimum absolute atomic E-state index is 0.0862. The van der Waals surface area contributed by atoms with Crippen LogP contribution in [-0.4, -0.2) is 58.5 Å². The van der Waals surface area contributed by atoms with Crippen LogP contribution in [0.4, 0.5) is 0 Å². The van der Waals surface area contributed by atoms with Crippen LogP contribution in [0.15, 0.2) is 28.6 Å². The Morgan fingerprint density at radius 3 is 2.70 bits per heavy atom. The first-order chi connectivity index (χ1) is 11.1. The maximum atomic E-state index is 12.4. The molecule has 7 heteroatoms. The van der Waals surface area contributed by atoms with Crippen molar-refractivity contribution in [3.63, 3.8) is 0 Å². The zero-order valence-corrected chi connectivity index (χ0v) is 14.7. The number of carbonyl (C=O) groups excluding carboxylic acids is 2. The van der Waals surface area contributed by atoms with Crippen LogP contribution in [-0.2, 0) is 9.59 Å². The molecule has 1 fully saturated rings. The van der Waals surface area contributed by atoms with Gasteiger partial charge in [-0.1, -0.05) is 23.9 Å². The molecule has 0 bridgehead atoms. The van der Waals surface area contributed by atoms with E-state index in [1.54, 1.807) is 18.3 Å². The third-order valence-electron chi connectivity index (χ3n) is 3.89. The first-order valence-corrected chi connectivity index (χ1v) is 9.45. The maximum absolute atomic E-state index is 12.4. The predicted octanol–water partition coefficient (Wildman–Crippen LogP) is 2.47. The number of hydrogen-bond donors (Lipinski definition) is 0. The van der Waals surface area contributed by atoms with Gasteiger partial charge in [0.2, 0.25) is 11.8 Å². The Balaban J connectivity index is 1.55. The summed E-state index contributed by atoms with van der Waals surface area (Å²) in [6.45, 7) is 4.30. The normalized spacial score (nSPS) is 15.7. The predicted molar refractivity (Wildman–Crippen MR) is 93.8 cm³/mol. The SMILES string of the molecule is CC(=O)N1CCCN(C(=O)CSc2nc3ccccc3s2)CC1. The second-order valence-corrected chi connectivity index (χ2v) is 7.73. The van der Waals surface area contributed by atoms with Gasteiger partial charge in [0.15, 0.2) is 4.34 Å². The lowest BCUT2D eigenvalue weighted by molar-refractivity contribution is -0.130. The quantitative estimate of drug-likeness (QED) is 0.799. The van der Waals surface area contributed by atoms with E-state index < -0.39 is 0 Å². The summed E-state index contributed by atoms with van der Waals surface area (Å²) < 4.78 is 2.08. The summed E-state index contributed by atoms with van der Waals surface area (Å²) >= 11 is 3.12. The van der Waals surface area contributed by atoms with E-state index >= 15 is 0 Å². The average molecular weight is 349 g/mol. The number of fused-ring (bicyclic) bond motifs is 1. The Kier molecular flexibility index (Phi) is 5.17. The molecular formula is C16H19N3O2S2. The van der Waals surface area contributed by atoms with Gasteiger partial charge in [0.1, 0.15) is 0 Å². The number of hydrogen-bond acceptors (Lipinski definition) is 5. The molecule has 3 rings (SSSR count). The second kappa shape index (κ2) is 7.31. The lowest BCUT2D eigenvalue weighted by Gasteiger charge is -2.21. The highest BCUT2D eigenvalue weighted by Gasteiger charge is 2.20. The molecule has 5 nitrogen and oxygen atoms in total. The highest BCUT2D eigenvalue weighted by molar-refractivity contribution is 8.01. The van der Waals surface area contributed by atoms with E-state index in [4.69, 9.17) is 0 Å². The second-order valence-electron chi connectivity index (χ2n) is 5.48. The molecular weight excluding hydrogens is 330 g/mol. The van der Waals surface area contributed by atoms with Gasteiger partial charge in [-0.05, 0) is 18.6 Å². The lowest BCUT2D eigenvalue weighted by Crippen LogP contribution is -2.37. The average Bonchev–Trinajstić information content (AvgIpc) is 2.79. The molecule has 2 amide bonds. The fourth-order valence-corrected chi connectivity index (χ4v) is 4.58. The molecule has 0 radical (unpaired) electrons. The van der Waals surface area contributed by atoms with Crippen LogP contribution in [0.1, 0.15) is 13.3 Å². The zero-order valence-electron chi connectivity index (χ0n) is 13.0. The largest absolute Gasteiger partial charge is 0.341 e. The topological polar surface area (TPSA) is 53.5 Å². The van der Waals surface area contributed by atoms with E-state index in [-0.39, 0.29) is 11.8 Å². The first-order valence-electron chi connectivity index (χ1n) is 7.65. The maximum Gasteiger partial charge on any atom is 0.233 e. The van der Waals surface area contributed by atoms with Crippen molar-refractivity contribution in [2.75, 3.05) is 31.9 Å². The van der Waals surface area contributed by atoms with Crippen molar-refractivity contribution in [2.24, 2.45) is 0 Å². The molecule has 2 heterocycles. The van der Waals surface area contributed by atoms with E-state index in [0.29, 0.717) is 18.8 Å². The van der Waals surface area contributed by atoms with Crippen LogP contribution in [0, 0.1) is 0 Å². The minimum atomic E-state index is 0.0862. The van der Waals surface area contributed by atoms with E-state index in [0.717, 1.165) is 34.1 Å². The minimum Gasteiger partial charge on any atom is -0.341 e. The number of rotatable bonds is 3. The standard InChI is InChI=1S/C16H19N3O2S2/c1-12(20)18-7-4-8-19(10-9-18)15(21)11-22-16-17-13-5-2-3-6-14(13)23-16/h2-3,5-6H,4,7-11H2,1H3. The molecule has 1 aliphatic rings. The number of thioether (sulfide) groups is 1. The van der Waals surface area contributed by atoms with Crippen molar-refractivity contribution in [2.45, 2.75) is 17.7 Å². The van der Waals surface area contributed by atoms with Crippen molar-refractivity contribution < 1.29 is 9.59 Å². The Hall–Kier alpha value is -1.60. The van der Waals surface area contributed by atoms with Gasteiger partial charge < -0.3 is 9.80 Å². The van der Waals surface area contributed by atoms with Crippen molar-refractivity contribution in [1.82, 2.24) is 14.8 Å². The molecule has 0 unspecified atom stereocenters. The monoisotopic (exact) mass is 349 g/mol. The van der Waals surface area contributed by atoms with Crippen LogP contribution in [0.3, 0.4) is 0 Å².